The Kier molecular flexibility index (Phi) is 5.53. The Bertz CT molecular complexity index is 1140. The summed E-state index contributed by atoms with van der Waals surface area (Å²) in [5.41, 5.74) is 4.06. The van der Waals surface area contributed by atoms with E-state index in [0.29, 0.717) is 49.6 Å². The molecule has 3 aliphatic rings. The molecular formula is C26H29N5O2. The molecule has 1 saturated carbocycles. The Morgan fingerprint density at radius 2 is 1.91 bits per heavy atom. The molecule has 2 aromatic rings. The van der Waals surface area contributed by atoms with Gasteiger partial charge in [-0.15, -0.1) is 0 Å². The molecule has 7 heteroatoms. The van der Waals surface area contributed by atoms with Gasteiger partial charge < -0.3 is 15.1 Å². The molecule has 0 spiro atoms. The van der Waals surface area contributed by atoms with E-state index < -0.39 is 0 Å². The van der Waals surface area contributed by atoms with Gasteiger partial charge in [-0.25, -0.2) is 4.98 Å². The van der Waals surface area contributed by atoms with E-state index in [1.807, 2.05) is 24.1 Å². The predicted molar refractivity (Wildman–Crippen MR) is 125 cm³/mol. The van der Waals surface area contributed by atoms with E-state index in [9.17, 15) is 14.9 Å². The van der Waals surface area contributed by atoms with E-state index in [0.717, 1.165) is 11.4 Å². The average Bonchev–Trinajstić information content (AvgIpc) is 3.62. The maximum atomic E-state index is 13.2. The largest absolute Gasteiger partial charge is 0.353 e. The molecule has 2 amide bonds. The minimum absolute atomic E-state index is 0.0179. The van der Waals surface area contributed by atoms with Gasteiger partial charge in [0.05, 0.1) is 23.1 Å². The van der Waals surface area contributed by atoms with Crippen molar-refractivity contribution in [2.75, 3.05) is 31.1 Å². The second-order valence-corrected chi connectivity index (χ2v) is 9.58. The Morgan fingerprint density at radius 3 is 2.52 bits per heavy atom. The first-order valence-corrected chi connectivity index (χ1v) is 11.8. The summed E-state index contributed by atoms with van der Waals surface area (Å²) in [5, 5.41) is 12.6. The fraction of sp³-hybridized carbons (Fsp3) is 0.462. The number of pyridine rings is 1. The number of rotatable bonds is 4. The highest BCUT2D eigenvalue weighted by atomic mass is 16.2. The highest BCUT2D eigenvalue weighted by Gasteiger charge is 2.32. The van der Waals surface area contributed by atoms with Crippen LogP contribution in [0.3, 0.4) is 0 Å². The molecule has 0 bridgehead atoms. The van der Waals surface area contributed by atoms with Crippen LogP contribution in [0.25, 0.3) is 0 Å². The second-order valence-electron chi connectivity index (χ2n) is 9.58. The summed E-state index contributed by atoms with van der Waals surface area (Å²) in [6.07, 6.45) is 5.23. The zero-order chi connectivity index (χ0) is 23.1. The summed E-state index contributed by atoms with van der Waals surface area (Å²) < 4.78 is 0. The van der Waals surface area contributed by atoms with Crippen molar-refractivity contribution in [2.45, 2.75) is 51.0 Å². The number of piperazine rings is 1. The van der Waals surface area contributed by atoms with Crippen LogP contribution in [0.15, 0.2) is 30.5 Å². The zero-order valence-electron chi connectivity index (χ0n) is 19.2. The summed E-state index contributed by atoms with van der Waals surface area (Å²) in [7, 11) is 0. The van der Waals surface area contributed by atoms with Gasteiger partial charge in [-0.2, -0.15) is 5.26 Å². The van der Waals surface area contributed by atoms with Crippen LogP contribution in [0.5, 0.6) is 0 Å². The van der Waals surface area contributed by atoms with Crippen molar-refractivity contribution < 1.29 is 9.59 Å². The number of benzene rings is 1. The molecule has 170 valence electrons. The van der Waals surface area contributed by atoms with E-state index in [1.165, 1.54) is 24.0 Å². The van der Waals surface area contributed by atoms with Gasteiger partial charge in [-0.05, 0) is 67.9 Å². The molecule has 2 saturated heterocycles. The summed E-state index contributed by atoms with van der Waals surface area (Å²) in [5.74, 6) is 1.28. The Hall–Kier alpha value is -3.40. The van der Waals surface area contributed by atoms with E-state index in [-0.39, 0.29) is 23.8 Å². The molecule has 3 heterocycles. The number of aryl methyl sites for hydroxylation is 1. The molecule has 1 aliphatic carbocycles. The fourth-order valence-corrected chi connectivity index (χ4v) is 5.06. The summed E-state index contributed by atoms with van der Waals surface area (Å²) in [4.78, 5) is 34.2. The van der Waals surface area contributed by atoms with Gasteiger partial charge in [-0.3, -0.25) is 9.59 Å². The van der Waals surface area contributed by atoms with Crippen LogP contribution in [0.4, 0.5) is 5.82 Å². The van der Waals surface area contributed by atoms with Gasteiger partial charge in [0.2, 0.25) is 5.91 Å². The standard InChI is InChI=1S/C26H29N5O2/c1-16-11-21(18-3-4-18)15-28-24(16)30-7-9-31(10-8-30)26(33)22-6-5-19(13-20(22)14-27)23-12-17(2)29-25(23)32/h5-6,11,13,15,17-18,23H,3-4,7-10,12H2,1-2H3,(H,29,32)/t17?,23-/m0/s1. The van der Waals surface area contributed by atoms with Gasteiger partial charge in [0.25, 0.3) is 5.91 Å². The van der Waals surface area contributed by atoms with Crippen LogP contribution < -0.4 is 10.2 Å². The number of nitrogens with one attached hydrogen (secondary N) is 1. The molecule has 3 fully saturated rings. The highest BCUT2D eigenvalue weighted by Crippen LogP contribution is 2.40. The minimum atomic E-state index is -0.262. The van der Waals surface area contributed by atoms with Crippen molar-refractivity contribution in [3.05, 3.63) is 58.3 Å². The number of carbonyl (C=O) groups excluding carboxylic acids is 2. The van der Waals surface area contributed by atoms with Crippen LogP contribution in [0, 0.1) is 18.3 Å². The van der Waals surface area contributed by atoms with Crippen LogP contribution >= 0.6 is 0 Å². The molecule has 7 nitrogen and oxygen atoms in total. The molecule has 0 radical (unpaired) electrons. The number of nitrogens with zero attached hydrogens (tertiary/aromatic N) is 4. The third kappa shape index (κ3) is 4.18. The SMILES string of the molecule is Cc1cc(C2CC2)cnc1N1CCN(C(=O)c2ccc([C@@H]3CC(C)NC3=O)cc2C#N)CC1. The molecule has 1 aromatic carbocycles. The lowest BCUT2D eigenvalue weighted by Gasteiger charge is -2.36. The van der Waals surface area contributed by atoms with Gasteiger partial charge in [0, 0.05) is 38.4 Å². The van der Waals surface area contributed by atoms with Crippen molar-refractivity contribution in [1.29, 1.82) is 5.26 Å². The Morgan fingerprint density at radius 1 is 1.15 bits per heavy atom. The molecule has 1 unspecified atom stereocenters. The van der Waals surface area contributed by atoms with E-state index in [4.69, 9.17) is 4.98 Å². The molecular weight excluding hydrogens is 414 g/mol. The van der Waals surface area contributed by atoms with Crippen molar-refractivity contribution in [3.63, 3.8) is 0 Å². The van der Waals surface area contributed by atoms with Gasteiger partial charge in [0.15, 0.2) is 0 Å². The number of hydrogen-bond donors (Lipinski definition) is 1. The van der Waals surface area contributed by atoms with Crippen molar-refractivity contribution in [2.24, 2.45) is 0 Å². The topological polar surface area (TPSA) is 89.3 Å². The minimum Gasteiger partial charge on any atom is -0.353 e. The molecule has 33 heavy (non-hydrogen) atoms. The summed E-state index contributed by atoms with van der Waals surface area (Å²) in [6.45, 7) is 6.67. The quantitative estimate of drug-likeness (QED) is 0.784. The number of carbonyl (C=O) groups is 2. The first-order valence-electron chi connectivity index (χ1n) is 11.8. The molecule has 5 rings (SSSR count). The monoisotopic (exact) mass is 443 g/mol. The summed E-state index contributed by atoms with van der Waals surface area (Å²) in [6, 6.07) is 9.78. The first kappa shape index (κ1) is 21.4. The smallest absolute Gasteiger partial charge is 0.255 e. The molecule has 1 aromatic heterocycles. The van der Waals surface area contributed by atoms with Crippen molar-refractivity contribution in [1.82, 2.24) is 15.2 Å². The van der Waals surface area contributed by atoms with Gasteiger partial charge >= 0.3 is 0 Å². The first-order chi connectivity index (χ1) is 15.9. The third-order valence-corrected chi connectivity index (χ3v) is 7.08. The van der Waals surface area contributed by atoms with Gasteiger partial charge in [-0.1, -0.05) is 12.1 Å². The second kappa shape index (κ2) is 8.51. The van der Waals surface area contributed by atoms with E-state index in [1.54, 1.807) is 12.1 Å². The average molecular weight is 444 g/mol. The van der Waals surface area contributed by atoms with Crippen molar-refractivity contribution in [3.8, 4) is 6.07 Å². The number of amides is 2. The number of aromatic nitrogens is 1. The lowest BCUT2D eigenvalue weighted by atomic mass is 9.92. The molecule has 2 aliphatic heterocycles. The van der Waals surface area contributed by atoms with E-state index >= 15 is 0 Å². The summed E-state index contributed by atoms with van der Waals surface area (Å²) >= 11 is 0. The maximum Gasteiger partial charge on any atom is 0.255 e. The third-order valence-electron chi connectivity index (χ3n) is 7.08. The number of nitriles is 1. The normalized spacial score (nSPS) is 22.8. The molecule has 1 N–H and O–H groups in total. The highest BCUT2D eigenvalue weighted by molar-refractivity contribution is 5.97. The maximum absolute atomic E-state index is 13.2. The van der Waals surface area contributed by atoms with E-state index in [2.05, 4.69) is 29.3 Å². The van der Waals surface area contributed by atoms with Crippen molar-refractivity contribution >= 4 is 17.6 Å². The predicted octanol–water partition coefficient (Wildman–Crippen LogP) is 3.09. The van der Waals surface area contributed by atoms with Crippen LogP contribution in [0.2, 0.25) is 0 Å². The molecule has 2 atom stereocenters. The zero-order valence-corrected chi connectivity index (χ0v) is 19.2. The Labute approximate surface area is 194 Å². The van der Waals surface area contributed by atoms with Crippen LogP contribution in [-0.4, -0.2) is 53.9 Å². The Balaban J connectivity index is 1.27. The number of anilines is 1. The lowest BCUT2D eigenvalue weighted by Crippen LogP contribution is -2.49. The lowest BCUT2D eigenvalue weighted by molar-refractivity contribution is -0.120. The van der Waals surface area contributed by atoms with Crippen LogP contribution in [0.1, 0.15) is 70.6 Å². The number of hydrogen-bond acceptors (Lipinski definition) is 5. The van der Waals surface area contributed by atoms with Gasteiger partial charge in [0.1, 0.15) is 5.82 Å². The fourth-order valence-electron chi connectivity index (χ4n) is 5.06. The van der Waals surface area contributed by atoms with Crippen LogP contribution in [-0.2, 0) is 4.79 Å².